The number of aliphatic carboxylic acids is 1. The highest BCUT2D eigenvalue weighted by Gasteiger charge is 2.36. The number of rotatable bonds is 10. The second kappa shape index (κ2) is 12.8. The van der Waals surface area contributed by atoms with E-state index >= 15 is 0 Å². The second-order valence-electron chi connectivity index (χ2n) is 9.58. The van der Waals surface area contributed by atoms with Crippen LogP contribution in [0.2, 0.25) is 0 Å². The number of amides is 3. The SMILES string of the molecule is O=C(O)CC[C@H](C(=O)N[C@@H]1CCCc2ccccc21)N(C(=O)Cc1ccccc1)C(=O)Cc1ccccc1. The van der Waals surface area contributed by atoms with Gasteiger partial charge < -0.3 is 10.4 Å². The maximum Gasteiger partial charge on any atom is 0.303 e. The molecule has 1 aliphatic carbocycles. The van der Waals surface area contributed by atoms with Crippen molar-refractivity contribution < 1.29 is 24.3 Å². The van der Waals surface area contributed by atoms with E-state index in [2.05, 4.69) is 5.32 Å². The molecular weight excluding hydrogens is 480 g/mol. The van der Waals surface area contributed by atoms with Crippen LogP contribution >= 0.6 is 0 Å². The Hall–Kier alpha value is -4.26. The molecule has 0 bridgehead atoms. The number of imide groups is 1. The van der Waals surface area contributed by atoms with Gasteiger partial charge in [0.2, 0.25) is 17.7 Å². The van der Waals surface area contributed by atoms with E-state index in [1.807, 2.05) is 36.4 Å². The fourth-order valence-electron chi connectivity index (χ4n) is 5.01. The highest BCUT2D eigenvalue weighted by Crippen LogP contribution is 2.30. The first-order valence-electron chi connectivity index (χ1n) is 12.9. The smallest absolute Gasteiger partial charge is 0.303 e. The van der Waals surface area contributed by atoms with Crippen molar-refractivity contribution in [3.8, 4) is 0 Å². The molecule has 1 aliphatic rings. The van der Waals surface area contributed by atoms with Gasteiger partial charge in [-0.2, -0.15) is 0 Å². The first-order valence-corrected chi connectivity index (χ1v) is 12.9. The molecule has 0 spiro atoms. The molecule has 0 heterocycles. The predicted octanol–water partition coefficient (Wildman–Crippen LogP) is 4.25. The number of hydrogen-bond acceptors (Lipinski definition) is 4. The fourth-order valence-corrected chi connectivity index (χ4v) is 5.01. The van der Waals surface area contributed by atoms with Crippen LogP contribution in [-0.4, -0.2) is 39.7 Å². The molecule has 0 aromatic heterocycles. The van der Waals surface area contributed by atoms with Gasteiger partial charge in [-0.15, -0.1) is 0 Å². The topological polar surface area (TPSA) is 104 Å². The molecule has 0 saturated heterocycles. The number of carbonyl (C=O) groups excluding carboxylic acids is 3. The third kappa shape index (κ3) is 6.94. The van der Waals surface area contributed by atoms with Gasteiger partial charge in [0.15, 0.2) is 0 Å². The van der Waals surface area contributed by atoms with Gasteiger partial charge in [-0.3, -0.25) is 24.1 Å². The van der Waals surface area contributed by atoms with Gasteiger partial charge >= 0.3 is 5.97 Å². The largest absolute Gasteiger partial charge is 0.481 e. The van der Waals surface area contributed by atoms with E-state index in [9.17, 15) is 24.3 Å². The summed E-state index contributed by atoms with van der Waals surface area (Å²) in [5.74, 6) is -2.69. The zero-order valence-electron chi connectivity index (χ0n) is 21.2. The summed E-state index contributed by atoms with van der Waals surface area (Å²) < 4.78 is 0. The van der Waals surface area contributed by atoms with Crippen molar-refractivity contribution >= 4 is 23.7 Å². The Balaban J connectivity index is 1.64. The molecule has 3 aromatic carbocycles. The van der Waals surface area contributed by atoms with Gasteiger partial charge in [-0.05, 0) is 47.9 Å². The molecule has 0 fully saturated rings. The molecule has 3 amide bonds. The van der Waals surface area contributed by atoms with Gasteiger partial charge in [0, 0.05) is 6.42 Å². The Morgan fingerprint density at radius 2 is 1.37 bits per heavy atom. The van der Waals surface area contributed by atoms with Crippen LogP contribution in [0.25, 0.3) is 0 Å². The quantitative estimate of drug-likeness (QED) is 0.423. The number of carboxylic acids is 1. The number of carbonyl (C=O) groups is 4. The number of carboxylic acid groups (broad SMARTS) is 1. The van der Waals surface area contributed by atoms with E-state index in [4.69, 9.17) is 0 Å². The minimum absolute atomic E-state index is 0.0789. The van der Waals surface area contributed by atoms with Crippen molar-refractivity contribution in [1.29, 1.82) is 0 Å². The second-order valence-corrected chi connectivity index (χ2v) is 9.58. The van der Waals surface area contributed by atoms with Crippen LogP contribution in [0.1, 0.15) is 54.0 Å². The summed E-state index contributed by atoms with van der Waals surface area (Å²) in [7, 11) is 0. The van der Waals surface area contributed by atoms with E-state index in [0.717, 1.165) is 35.3 Å². The lowest BCUT2D eigenvalue weighted by Gasteiger charge is -2.32. The molecular formula is C31H32N2O5. The summed E-state index contributed by atoms with van der Waals surface area (Å²) >= 11 is 0. The highest BCUT2D eigenvalue weighted by molar-refractivity contribution is 6.02. The van der Waals surface area contributed by atoms with Crippen LogP contribution < -0.4 is 5.32 Å². The Labute approximate surface area is 222 Å². The van der Waals surface area contributed by atoms with Crippen LogP contribution in [0, 0.1) is 0 Å². The number of nitrogens with zero attached hydrogens (tertiary/aromatic N) is 1. The molecule has 3 aromatic rings. The van der Waals surface area contributed by atoms with Crippen molar-refractivity contribution in [2.45, 2.75) is 57.0 Å². The van der Waals surface area contributed by atoms with Gasteiger partial charge in [-0.1, -0.05) is 84.9 Å². The molecule has 0 unspecified atom stereocenters. The maximum atomic E-state index is 13.7. The van der Waals surface area contributed by atoms with Crippen molar-refractivity contribution in [2.75, 3.05) is 0 Å². The van der Waals surface area contributed by atoms with Crippen LogP contribution in [0.3, 0.4) is 0 Å². The number of nitrogens with one attached hydrogen (secondary N) is 1. The normalized spacial score (nSPS) is 15.1. The summed E-state index contributed by atoms with van der Waals surface area (Å²) in [4.78, 5) is 53.4. The first kappa shape index (κ1) is 26.8. The molecule has 7 nitrogen and oxygen atoms in total. The van der Waals surface area contributed by atoms with E-state index in [-0.39, 0.29) is 31.7 Å². The molecule has 7 heteroatoms. The lowest BCUT2D eigenvalue weighted by Crippen LogP contribution is -2.54. The van der Waals surface area contributed by atoms with Crippen LogP contribution in [0.15, 0.2) is 84.9 Å². The summed E-state index contributed by atoms with van der Waals surface area (Å²) in [6.07, 6.45) is 1.86. The lowest BCUT2D eigenvalue weighted by molar-refractivity contribution is -0.153. The van der Waals surface area contributed by atoms with Crippen molar-refractivity contribution in [3.63, 3.8) is 0 Å². The summed E-state index contributed by atoms with van der Waals surface area (Å²) in [5.41, 5.74) is 3.58. The van der Waals surface area contributed by atoms with E-state index in [1.165, 1.54) is 0 Å². The maximum absolute atomic E-state index is 13.7. The monoisotopic (exact) mass is 512 g/mol. The minimum atomic E-state index is -1.24. The van der Waals surface area contributed by atoms with Crippen molar-refractivity contribution in [2.24, 2.45) is 0 Å². The Kier molecular flexibility index (Phi) is 9.03. The molecule has 2 N–H and O–H groups in total. The third-order valence-corrected chi connectivity index (χ3v) is 6.87. The number of benzene rings is 3. The zero-order chi connectivity index (χ0) is 26.9. The molecule has 0 aliphatic heterocycles. The van der Waals surface area contributed by atoms with Crippen LogP contribution in [0.5, 0.6) is 0 Å². The molecule has 38 heavy (non-hydrogen) atoms. The van der Waals surface area contributed by atoms with Crippen LogP contribution in [0.4, 0.5) is 0 Å². The predicted molar refractivity (Wildman–Crippen MR) is 143 cm³/mol. The zero-order valence-corrected chi connectivity index (χ0v) is 21.2. The molecule has 196 valence electrons. The molecule has 0 saturated carbocycles. The number of fused-ring (bicyclic) bond motifs is 1. The standard InChI is InChI=1S/C31H32N2O5/c34-28(20-22-10-3-1-4-11-22)33(29(35)21-23-12-5-2-6-13-23)27(18-19-30(36)37)31(38)32-26-17-9-15-24-14-7-8-16-25(24)26/h1-8,10-14,16,26-27H,9,15,17-21H2,(H,32,38)(H,36,37)/t26-,27-/m1/s1. The third-order valence-electron chi connectivity index (χ3n) is 6.87. The van der Waals surface area contributed by atoms with Crippen molar-refractivity contribution in [1.82, 2.24) is 10.2 Å². The fraction of sp³-hybridized carbons (Fsp3) is 0.290. The van der Waals surface area contributed by atoms with Gasteiger partial charge in [0.25, 0.3) is 0 Å². The molecule has 0 radical (unpaired) electrons. The Morgan fingerprint density at radius 3 is 1.95 bits per heavy atom. The highest BCUT2D eigenvalue weighted by atomic mass is 16.4. The van der Waals surface area contributed by atoms with E-state index in [0.29, 0.717) is 11.1 Å². The summed E-state index contributed by atoms with van der Waals surface area (Å²) in [6, 6.07) is 24.4. The van der Waals surface area contributed by atoms with Gasteiger partial charge in [0.05, 0.1) is 18.9 Å². The molecule has 4 rings (SSSR count). The lowest BCUT2D eigenvalue weighted by atomic mass is 9.87. The van der Waals surface area contributed by atoms with E-state index < -0.39 is 29.7 Å². The average Bonchev–Trinajstić information content (AvgIpc) is 2.92. The van der Waals surface area contributed by atoms with Crippen LogP contribution in [-0.2, 0) is 38.4 Å². The number of aryl methyl sites for hydroxylation is 1. The molecule has 2 atom stereocenters. The Morgan fingerprint density at radius 1 is 0.816 bits per heavy atom. The van der Waals surface area contributed by atoms with Gasteiger partial charge in [-0.25, -0.2) is 0 Å². The van der Waals surface area contributed by atoms with Gasteiger partial charge in [0.1, 0.15) is 6.04 Å². The average molecular weight is 513 g/mol. The minimum Gasteiger partial charge on any atom is -0.481 e. The summed E-state index contributed by atoms with van der Waals surface area (Å²) in [6.45, 7) is 0. The number of hydrogen-bond donors (Lipinski definition) is 2. The van der Waals surface area contributed by atoms with Crippen molar-refractivity contribution in [3.05, 3.63) is 107 Å². The summed E-state index contributed by atoms with van der Waals surface area (Å²) in [5, 5.41) is 12.4. The Bertz CT molecular complexity index is 1220. The first-order chi connectivity index (χ1) is 18.4. The van der Waals surface area contributed by atoms with E-state index in [1.54, 1.807) is 48.5 Å².